The van der Waals surface area contributed by atoms with Crippen molar-refractivity contribution in [1.29, 1.82) is 0 Å². The number of nitrogens with zero attached hydrogens (tertiary/aromatic N) is 3. The molecule has 1 aliphatic heterocycles. The summed E-state index contributed by atoms with van der Waals surface area (Å²) in [6.07, 6.45) is 0.929. The van der Waals surface area contributed by atoms with Crippen molar-refractivity contribution in [3.63, 3.8) is 0 Å². The lowest BCUT2D eigenvalue weighted by Gasteiger charge is -2.44. The molecule has 1 aromatic heterocycles. The Morgan fingerprint density at radius 3 is 2.36 bits per heavy atom. The van der Waals surface area contributed by atoms with E-state index in [1.807, 2.05) is 0 Å². The molecule has 5 rings (SSSR count). The summed E-state index contributed by atoms with van der Waals surface area (Å²) in [5.41, 5.74) is 6.99. The zero-order chi connectivity index (χ0) is 25.6. The van der Waals surface area contributed by atoms with E-state index in [0.29, 0.717) is 29.2 Å². The quantitative estimate of drug-likeness (QED) is 0.592. The third-order valence-electron chi connectivity index (χ3n) is 7.45. The predicted molar refractivity (Wildman–Crippen MR) is 120 cm³/mol. The minimum absolute atomic E-state index is 0.0491. The van der Waals surface area contributed by atoms with E-state index in [9.17, 15) is 27.2 Å². The summed E-state index contributed by atoms with van der Waals surface area (Å²) >= 11 is 0. The molecule has 2 saturated carbocycles. The maximum atomic E-state index is 14.2. The van der Waals surface area contributed by atoms with Crippen LogP contribution in [0.4, 0.5) is 28.3 Å². The number of rotatable bonds is 5. The summed E-state index contributed by atoms with van der Waals surface area (Å²) < 4.78 is 61.5. The van der Waals surface area contributed by atoms with Crippen LogP contribution < -0.4 is 20.8 Å². The fourth-order valence-corrected chi connectivity index (χ4v) is 5.25. The van der Waals surface area contributed by atoms with E-state index in [4.69, 9.17) is 10.5 Å². The number of carbonyl (C=O) groups is 1. The largest absolute Gasteiger partial charge is 0.573 e. The summed E-state index contributed by atoms with van der Waals surface area (Å²) in [6, 6.07) is 2.25. The third kappa shape index (κ3) is 4.72. The van der Waals surface area contributed by atoms with Gasteiger partial charge < -0.3 is 20.1 Å². The van der Waals surface area contributed by atoms with Crippen LogP contribution in [0.2, 0.25) is 0 Å². The number of ether oxygens (including phenoxy) is 2. The number of carbonyl (C=O) groups excluding carboxylic acids is 1. The van der Waals surface area contributed by atoms with Gasteiger partial charge in [-0.3, -0.25) is 9.36 Å². The molecule has 0 saturated heterocycles. The monoisotopic (exact) mass is 510 g/mol. The molecule has 2 N–H and O–H groups in total. The lowest BCUT2D eigenvalue weighted by atomic mass is 9.68. The van der Waals surface area contributed by atoms with Gasteiger partial charge in [0.25, 0.3) is 5.56 Å². The van der Waals surface area contributed by atoms with Gasteiger partial charge in [0, 0.05) is 24.2 Å². The van der Waals surface area contributed by atoms with E-state index in [1.165, 1.54) is 4.90 Å². The fourth-order valence-electron chi connectivity index (χ4n) is 5.25. The molecule has 2 fully saturated rings. The summed E-state index contributed by atoms with van der Waals surface area (Å²) in [5, 5.41) is 0. The Balaban J connectivity index is 1.32. The molecule has 2 aromatic rings. The van der Waals surface area contributed by atoms with Gasteiger partial charge in [-0.05, 0) is 56.1 Å². The molecular formula is C24H26F4N4O4. The Morgan fingerprint density at radius 2 is 1.81 bits per heavy atom. The van der Waals surface area contributed by atoms with Crippen LogP contribution in [0.5, 0.6) is 11.5 Å². The molecule has 0 atom stereocenters. The molecule has 0 bridgehead atoms. The SMILES string of the molecule is Nc1nc2c(c(=O)n1C(C1CCC1)C1CCC1)CCN(C(=O)Oc1ccc(OC(F)(F)F)cc1F)C2. The van der Waals surface area contributed by atoms with Crippen molar-refractivity contribution in [2.75, 3.05) is 12.3 Å². The van der Waals surface area contributed by atoms with E-state index in [2.05, 4.69) is 9.72 Å². The third-order valence-corrected chi connectivity index (χ3v) is 7.45. The van der Waals surface area contributed by atoms with Gasteiger partial charge in [0.15, 0.2) is 11.6 Å². The number of fused-ring (bicyclic) bond motifs is 1. The second-order valence-electron chi connectivity index (χ2n) is 9.62. The summed E-state index contributed by atoms with van der Waals surface area (Å²) in [6.45, 7) is 0.0872. The van der Waals surface area contributed by atoms with Crippen LogP contribution in [0.3, 0.4) is 0 Å². The highest BCUT2D eigenvalue weighted by Gasteiger charge is 2.40. The first kappa shape index (κ1) is 24.4. The lowest BCUT2D eigenvalue weighted by Crippen LogP contribution is -2.45. The van der Waals surface area contributed by atoms with Gasteiger partial charge in [-0.1, -0.05) is 12.8 Å². The molecule has 2 heterocycles. The van der Waals surface area contributed by atoms with Gasteiger partial charge in [-0.15, -0.1) is 13.2 Å². The van der Waals surface area contributed by atoms with Crippen molar-refractivity contribution in [2.24, 2.45) is 11.8 Å². The van der Waals surface area contributed by atoms with Crippen molar-refractivity contribution in [3.8, 4) is 11.5 Å². The highest BCUT2D eigenvalue weighted by Crippen LogP contribution is 2.47. The zero-order valence-corrected chi connectivity index (χ0v) is 19.4. The van der Waals surface area contributed by atoms with Crippen LogP contribution in [-0.4, -0.2) is 33.5 Å². The average molecular weight is 510 g/mol. The number of nitrogen functional groups attached to an aromatic ring is 1. The summed E-state index contributed by atoms with van der Waals surface area (Å²) in [5.74, 6) is -1.53. The van der Waals surface area contributed by atoms with Crippen LogP contribution in [0, 0.1) is 17.7 Å². The number of hydrogen-bond acceptors (Lipinski definition) is 6. The molecule has 194 valence electrons. The van der Waals surface area contributed by atoms with Gasteiger partial charge in [-0.25, -0.2) is 14.2 Å². The molecular weight excluding hydrogens is 484 g/mol. The standard InChI is InChI=1S/C24H26F4N4O4/c25-17-11-15(36-24(26,27)28)7-8-19(17)35-23(34)31-10-9-16-18(12-31)30-22(29)32(21(16)33)20(13-3-1-4-13)14-5-2-6-14/h7-8,11,13-14,20H,1-6,9-10,12H2,(H2,29,30). The van der Waals surface area contributed by atoms with E-state index in [0.717, 1.165) is 50.7 Å². The number of anilines is 1. The second kappa shape index (κ2) is 9.29. The highest BCUT2D eigenvalue weighted by molar-refractivity contribution is 5.71. The molecule has 2 aliphatic carbocycles. The Hall–Kier alpha value is -3.31. The van der Waals surface area contributed by atoms with Crippen molar-refractivity contribution in [3.05, 3.63) is 45.6 Å². The average Bonchev–Trinajstić information content (AvgIpc) is 2.71. The van der Waals surface area contributed by atoms with Crippen LogP contribution in [0.1, 0.15) is 55.8 Å². The van der Waals surface area contributed by atoms with E-state index < -0.39 is 29.8 Å². The van der Waals surface area contributed by atoms with Crippen molar-refractivity contribution in [1.82, 2.24) is 14.5 Å². The summed E-state index contributed by atoms with van der Waals surface area (Å²) in [4.78, 5) is 31.8. The first-order valence-electron chi connectivity index (χ1n) is 12.0. The summed E-state index contributed by atoms with van der Waals surface area (Å²) in [7, 11) is 0. The topological polar surface area (TPSA) is 99.7 Å². The van der Waals surface area contributed by atoms with E-state index in [1.54, 1.807) is 4.57 Å². The van der Waals surface area contributed by atoms with Crippen LogP contribution in [0.15, 0.2) is 23.0 Å². The van der Waals surface area contributed by atoms with Crippen molar-refractivity contribution < 1.29 is 31.8 Å². The first-order chi connectivity index (χ1) is 17.1. The van der Waals surface area contributed by atoms with Crippen LogP contribution in [-0.2, 0) is 13.0 Å². The molecule has 0 unspecified atom stereocenters. The molecule has 12 heteroatoms. The van der Waals surface area contributed by atoms with Crippen molar-refractivity contribution in [2.45, 2.75) is 63.9 Å². The lowest BCUT2D eigenvalue weighted by molar-refractivity contribution is -0.274. The number of halogens is 4. The Kier molecular flexibility index (Phi) is 6.29. The van der Waals surface area contributed by atoms with Gasteiger partial charge in [0.2, 0.25) is 5.95 Å². The van der Waals surface area contributed by atoms with Gasteiger partial charge in [0.05, 0.1) is 12.2 Å². The minimum Gasteiger partial charge on any atom is -0.407 e. The number of hydrogen-bond donors (Lipinski definition) is 1. The second-order valence-corrected chi connectivity index (χ2v) is 9.62. The minimum atomic E-state index is -4.98. The van der Waals surface area contributed by atoms with Crippen molar-refractivity contribution >= 4 is 12.0 Å². The maximum Gasteiger partial charge on any atom is 0.573 e. The number of alkyl halides is 3. The maximum absolute atomic E-state index is 14.2. The molecule has 8 nitrogen and oxygen atoms in total. The van der Waals surface area contributed by atoms with E-state index >= 15 is 0 Å². The Bertz CT molecular complexity index is 1210. The van der Waals surface area contributed by atoms with Crippen LogP contribution >= 0.6 is 0 Å². The van der Waals surface area contributed by atoms with Crippen LogP contribution in [0.25, 0.3) is 0 Å². The number of nitrogens with two attached hydrogens (primary N) is 1. The van der Waals surface area contributed by atoms with E-state index in [-0.39, 0.29) is 37.1 Å². The molecule has 1 amide bonds. The molecule has 0 radical (unpaired) electrons. The number of amides is 1. The Morgan fingerprint density at radius 1 is 1.14 bits per heavy atom. The van der Waals surface area contributed by atoms with Gasteiger partial charge in [-0.2, -0.15) is 0 Å². The number of benzene rings is 1. The highest BCUT2D eigenvalue weighted by atomic mass is 19.4. The molecule has 1 aromatic carbocycles. The predicted octanol–water partition coefficient (Wildman–Crippen LogP) is 4.56. The fraction of sp³-hybridized carbons (Fsp3) is 0.542. The van der Waals surface area contributed by atoms with Gasteiger partial charge >= 0.3 is 12.5 Å². The Labute approximate surface area is 204 Å². The number of aromatic nitrogens is 2. The normalized spacial score (nSPS) is 18.4. The molecule has 36 heavy (non-hydrogen) atoms. The first-order valence-corrected chi connectivity index (χ1v) is 12.0. The molecule has 0 spiro atoms. The smallest absolute Gasteiger partial charge is 0.407 e. The molecule has 3 aliphatic rings. The zero-order valence-electron chi connectivity index (χ0n) is 19.4. The van der Waals surface area contributed by atoms with Gasteiger partial charge in [0.1, 0.15) is 5.75 Å².